The Morgan fingerprint density at radius 3 is 2.50 bits per heavy atom. The van der Waals surface area contributed by atoms with E-state index in [9.17, 15) is 14.0 Å². The predicted molar refractivity (Wildman–Crippen MR) is 108 cm³/mol. The molecule has 6 nitrogen and oxygen atoms in total. The van der Waals surface area contributed by atoms with Crippen molar-refractivity contribution in [2.75, 3.05) is 44.6 Å². The predicted octanol–water partition coefficient (Wildman–Crippen LogP) is 3.14. The number of benzene rings is 2. The molecular weight excluding hydrogens is 361 g/mol. The molecule has 2 rings (SSSR count). The Kier molecular flexibility index (Phi) is 7.52. The largest absolute Gasteiger partial charge is 0.383 e. The van der Waals surface area contributed by atoms with Gasteiger partial charge in [-0.1, -0.05) is 6.07 Å². The van der Waals surface area contributed by atoms with Gasteiger partial charge in [-0.25, -0.2) is 4.39 Å². The van der Waals surface area contributed by atoms with Crippen molar-refractivity contribution in [3.05, 3.63) is 59.4 Å². The standard InChI is InChI=1S/C21H26FN3O3/c1-15(26)25(10-11-28-4)14-17-13-19(8-9-20(17)24(2)3)23-21(27)16-6-5-7-18(22)12-16/h5-9,12-13H,10-11,14H2,1-4H3,(H,23,27). The Hall–Kier alpha value is -2.93. The highest BCUT2D eigenvalue weighted by Crippen LogP contribution is 2.25. The van der Waals surface area contributed by atoms with E-state index in [1.807, 2.05) is 31.1 Å². The highest BCUT2D eigenvalue weighted by Gasteiger charge is 2.15. The monoisotopic (exact) mass is 387 g/mol. The fraction of sp³-hybridized carbons (Fsp3) is 0.333. The molecule has 0 saturated carbocycles. The normalized spacial score (nSPS) is 10.5. The molecule has 150 valence electrons. The average Bonchev–Trinajstić information content (AvgIpc) is 2.64. The molecule has 7 heteroatoms. The van der Waals surface area contributed by atoms with Crippen molar-refractivity contribution in [3.63, 3.8) is 0 Å². The molecule has 0 fully saturated rings. The lowest BCUT2D eigenvalue weighted by Gasteiger charge is -2.25. The number of carbonyl (C=O) groups is 2. The van der Waals surface area contributed by atoms with E-state index in [0.717, 1.165) is 11.3 Å². The summed E-state index contributed by atoms with van der Waals surface area (Å²) >= 11 is 0. The second kappa shape index (κ2) is 9.85. The Labute approximate surface area is 164 Å². The average molecular weight is 387 g/mol. The lowest BCUT2D eigenvalue weighted by atomic mass is 10.1. The number of ether oxygens (including phenoxy) is 1. The fourth-order valence-electron chi connectivity index (χ4n) is 2.81. The van der Waals surface area contributed by atoms with Gasteiger partial charge in [-0.3, -0.25) is 9.59 Å². The zero-order valence-electron chi connectivity index (χ0n) is 16.7. The van der Waals surface area contributed by atoms with Crippen molar-refractivity contribution in [2.45, 2.75) is 13.5 Å². The van der Waals surface area contributed by atoms with E-state index in [4.69, 9.17) is 4.74 Å². The lowest BCUT2D eigenvalue weighted by Crippen LogP contribution is -2.32. The topological polar surface area (TPSA) is 61.9 Å². The first-order valence-corrected chi connectivity index (χ1v) is 8.93. The molecule has 0 saturated heterocycles. The van der Waals surface area contributed by atoms with Gasteiger partial charge in [0.05, 0.1) is 6.61 Å². The quantitative estimate of drug-likeness (QED) is 0.756. The van der Waals surface area contributed by atoms with Crippen molar-refractivity contribution >= 4 is 23.2 Å². The summed E-state index contributed by atoms with van der Waals surface area (Å²) in [5.74, 6) is -0.923. The fourth-order valence-corrected chi connectivity index (χ4v) is 2.81. The first-order valence-electron chi connectivity index (χ1n) is 8.93. The van der Waals surface area contributed by atoms with Crippen molar-refractivity contribution in [2.24, 2.45) is 0 Å². The Morgan fingerprint density at radius 1 is 1.14 bits per heavy atom. The summed E-state index contributed by atoms with van der Waals surface area (Å²) in [6, 6.07) is 11.0. The van der Waals surface area contributed by atoms with Crippen LogP contribution in [0, 0.1) is 5.82 Å². The van der Waals surface area contributed by atoms with Gasteiger partial charge in [-0.05, 0) is 42.0 Å². The molecule has 1 N–H and O–H groups in total. The van der Waals surface area contributed by atoms with E-state index < -0.39 is 11.7 Å². The molecule has 2 amide bonds. The van der Waals surface area contributed by atoms with Crippen molar-refractivity contribution in [3.8, 4) is 0 Å². The molecule has 0 aliphatic carbocycles. The van der Waals surface area contributed by atoms with Crippen LogP contribution in [-0.2, 0) is 16.1 Å². The molecule has 0 unspecified atom stereocenters. The van der Waals surface area contributed by atoms with Crippen LogP contribution in [-0.4, -0.2) is 51.1 Å². The van der Waals surface area contributed by atoms with E-state index in [-0.39, 0.29) is 11.5 Å². The number of halogens is 1. The minimum Gasteiger partial charge on any atom is -0.383 e. The lowest BCUT2D eigenvalue weighted by molar-refractivity contribution is -0.130. The van der Waals surface area contributed by atoms with Crippen molar-refractivity contribution in [1.82, 2.24) is 4.90 Å². The van der Waals surface area contributed by atoms with E-state index in [1.165, 1.54) is 25.1 Å². The summed E-state index contributed by atoms with van der Waals surface area (Å²) < 4.78 is 18.4. The summed E-state index contributed by atoms with van der Waals surface area (Å²) in [6.07, 6.45) is 0. The van der Waals surface area contributed by atoms with Gasteiger partial charge in [0.2, 0.25) is 5.91 Å². The first-order chi connectivity index (χ1) is 13.3. The van der Waals surface area contributed by atoms with E-state index in [0.29, 0.717) is 25.4 Å². The van der Waals surface area contributed by atoms with Crippen LogP contribution in [0.2, 0.25) is 0 Å². The zero-order chi connectivity index (χ0) is 20.7. The maximum atomic E-state index is 13.4. The maximum Gasteiger partial charge on any atom is 0.255 e. The third-order valence-electron chi connectivity index (χ3n) is 4.28. The Bertz CT molecular complexity index is 839. The van der Waals surface area contributed by atoms with Crippen LogP contribution in [0.5, 0.6) is 0 Å². The summed E-state index contributed by atoms with van der Waals surface area (Å²) in [4.78, 5) is 28.0. The summed E-state index contributed by atoms with van der Waals surface area (Å²) in [5.41, 5.74) is 2.63. The van der Waals surface area contributed by atoms with Crippen LogP contribution in [0.4, 0.5) is 15.8 Å². The molecule has 0 atom stereocenters. The smallest absolute Gasteiger partial charge is 0.255 e. The van der Waals surface area contributed by atoms with Crippen LogP contribution >= 0.6 is 0 Å². The highest BCUT2D eigenvalue weighted by atomic mass is 19.1. The van der Waals surface area contributed by atoms with Gasteiger partial charge in [0.15, 0.2) is 0 Å². The SMILES string of the molecule is COCCN(Cc1cc(NC(=O)c2cccc(F)c2)ccc1N(C)C)C(C)=O. The van der Waals surface area contributed by atoms with Gasteiger partial charge >= 0.3 is 0 Å². The Balaban J connectivity index is 2.26. The molecule has 0 aliphatic rings. The van der Waals surface area contributed by atoms with Crippen LogP contribution in [0.3, 0.4) is 0 Å². The number of methoxy groups -OCH3 is 1. The number of anilines is 2. The van der Waals surface area contributed by atoms with Crippen LogP contribution in [0.1, 0.15) is 22.8 Å². The minimum atomic E-state index is -0.466. The van der Waals surface area contributed by atoms with Gasteiger partial charge in [-0.15, -0.1) is 0 Å². The molecule has 2 aromatic rings. The van der Waals surface area contributed by atoms with Crippen molar-refractivity contribution in [1.29, 1.82) is 0 Å². The molecule has 0 spiro atoms. The van der Waals surface area contributed by atoms with Gasteiger partial charge in [0.1, 0.15) is 5.82 Å². The molecular formula is C21H26FN3O3. The maximum absolute atomic E-state index is 13.4. The van der Waals surface area contributed by atoms with Crippen LogP contribution in [0.15, 0.2) is 42.5 Å². The molecule has 2 aromatic carbocycles. The van der Waals surface area contributed by atoms with Gasteiger partial charge in [0, 0.05) is 58.2 Å². The molecule has 0 heterocycles. The number of hydrogen-bond acceptors (Lipinski definition) is 4. The second-order valence-corrected chi connectivity index (χ2v) is 6.64. The van der Waals surface area contributed by atoms with Gasteiger partial charge in [0.25, 0.3) is 5.91 Å². The molecule has 28 heavy (non-hydrogen) atoms. The summed E-state index contributed by atoms with van der Waals surface area (Å²) in [7, 11) is 5.42. The molecule has 0 aromatic heterocycles. The number of amides is 2. The molecule has 0 aliphatic heterocycles. The summed E-state index contributed by atoms with van der Waals surface area (Å²) in [6.45, 7) is 2.81. The van der Waals surface area contributed by atoms with Crippen LogP contribution < -0.4 is 10.2 Å². The van der Waals surface area contributed by atoms with E-state index in [1.54, 1.807) is 24.1 Å². The molecule has 0 radical (unpaired) electrons. The third kappa shape index (κ3) is 5.79. The van der Waals surface area contributed by atoms with Crippen LogP contribution in [0.25, 0.3) is 0 Å². The minimum absolute atomic E-state index is 0.0593. The number of hydrogen-bond donors (Lipinski definition) is 1. The summed E-state index contributed by atoms with van der Waals surface area (Å²) in [5, 5.41) is 2.79. The number of carbonyl (C=O) groups excluding carboxylic acids is 2. The van der Waals surface area contributed by atoms with Crippen molar-refractivity contribution < 1.29 is 18.7 Å². The van der Waals surface area contributed by atoms with Gasteiger partial charge < -0.3 is 19.9 Å². The molecule has 0 bridgehead atoms. The van der Waals surface area contributed by atoms with E-state index in [2.05, 4.69) is 5.32 Å². The highest BCUT2D eigenvalue weighted by molar-refractivity contribution is 6.04. The number of rotatable bonds is 8. The van der Waals surface area contributed by atoms with Gasteiger partial charge in [-0.2, -0.15) is 0 Å². The third-order valence-corrected chi connectivity index (χ3v) is 4.28. The Morgan fingerprint density at radius 2 is 1.89 bits per heavy atom. The second-order valence-electron chi connectivity index (χ2n) is 6.64. The zero-order valence-corrected chi connectivity index (χ0v) is 16.7. The van der Waals surface area contributed by atoms with E-state index >= 15 is 0 Å². The number of nitrogens with zero attached hydrogens (tertiary/aromatic N) is 2. The number of nitrogens with one attached hydrogen (secondary N) is 1. The first kappa shape index (κ1) is 21.4.